The van der Waals surface area contributed by atoms with Gasteiger partial charge < -0.3 is 10.4 Å². The Labute approximate surface area is 174 Å². The summed E-state index contributed by atoms with van der Waals surface area (Å²) in [4.78, 5) is 3.98. The van der Waals surface area contributed by atoms with E-state index in [9.17, 15) is 13.9 Å². The molecule has 3 N–H and O–H groups in total. The Morgan fingerprint density at radius 2 is 1.93 bits per heavy atom. The minimum absolute atomic E-state index is 0.214. The van der Waals surface area contributed by atoms with E-state index in [2.05, 4.69) is 27.6 Å². The summed E-state index contributed by atoms with van der Waals surface area (Å²) in [5.41, 5.74) is 1.08. The fourth-order valence-corrected chi connectivity index (χ4v) is 4.06. The van der Waals surface area contributed by atoms with Crippen molar-refractivity contribution in [3.8, 4) is 0 Å². The van der Waals surface area contributed by atoms with Gasteiger partial charge in [0.25, 0.3) is 6.43 Å². The topological polar surface area (TPSA) is 79.4 Å². The number of hydrogen-bond acceptors (Lipinski definition) is 5. The zero-order valence-electron chi connectivity index (χ0n) is 17.0. The summed E-state index contributed by atoms with van der Waals surface area (Å²) in [5.74, 6) is 0.770. The maximum Gasteiger partial charge on any atom is 0.281 e. The van der Waals surface area contributed by atoms with Crippen LogP contribution in [0.4, 0.5) is 14.6 Å². The van der Waals surface area contributed by atoms with Gasteiger partial charge in [-0.05, 0) is 44.2 Å². The SMILES string of the molecule is CCCn1cc(C(O)N[C@H]2CC[C@@H](Nc3cccc4nc(C(F)F)cn34)CC2)cn1. The smallest absolute Gasteiger partial charge is 0.281 e. The van der Waals surface area contributed by atoms with Gasteiger partial charge in [0.2, 0.25) is 0 Å². The second-order valence-electron chi connectivity index (χ2n) is 7.90. The van der Waals surface area contributed by atoms with Gasteiger partial charge in [-0.2, -0.15) is 5.10 Å². The average Bonchev–Trinajstić information content (AvgIpc) is 3.37. The molecule has 0 aliphatic heterocycles. The van der Waals surface area contributed by atoms with Crippen LogP contribution in [-0.4, -0.2) is 36.4 Å². The molecule has 9 heteroatoms. The first kappa shape index (κ1) is 20.7. The maximum atomic E-state index is 13.0. The number of hydrogen-bond donors (Lipinski definition) is 3. The van der Waals surface area contributed by atoms with Gasteiger partial charge in [0.1, 0.15) is 23.4 Å². The van der Waals surface area contributed by atoms with E-state index < -0.39 is 12.7 Å². The standard InChI is InChI=1S/C21H28F2N6O/c1-2-10-28-12-14(11-24-28)21(30)26-16-8-6-15(7-9-16)25-18-4-3-5-19-27-17(20(22)23)13-29(18)19/h3-5,11-13,15-16,20-21,25-26,30H,2,6-10H2,1H3/t15-,16+,21?. The van der Waals surface area contributed by atoms with Crippen LogP contribution in [0, 0.1) is 0 Å². The van der Waals surface area contributed by atoms with E-state index in [4.69, 9.17) is 0 Å². The van der Waals surface area contributed by atoms with E-state index >= 15 is 0 Å². The van der Waals surface area contributed by atoms with Gasteiger partial charge in [0.05, 0.1) is 6.20 Å². The Morgan fingerprint density at radius 1 is 1.17 bits per heavy atom. The first-order valence-electron chi connectivity index (χ1n) is 10.5. The number of aromatic nitrogens is 4. The van der Waals surface area contributed by atoms with Crippen LogP contribution in [0.5, 0.6) is 0 Å². The molecular weight excluding hydrogens is 390 g/mol. The lowest BCUT2D eigenvalue weighted by atomic mass is 9.91. The monoisotopic (exact) mass is 418 g/mol. The Balaban J connectivity index is 1.32. The fourth-order valence-electron chi connectivity index (χ4n) is 4.06. The number of alkyl halides is 2. The number of nitrogens with one attached hydrogen (secondary N) is 2. The van der Waals surface area contributed by atoms with Crippen molar-refractivity contribution in [2.24, 2.45) is 0 Å². The van der Waals surface area contributed by atoms with Crippen molar-refractivity contribution in [1.29, 1.82) is 0 Å². The molecule has 0 radical (unpaired) electrons. The Kier molecular flexibility index (Phi) is 6.29. The van der Waals surface area contributed by atoms with Crippen molar-refractivity contribution >= 4 is 11.5 Å². The molecule has 0 amide bonds. The van der Waals surface area contributed by atoms with Gasteiger partial charge in [0.15, 0.2) is 0 Å². The van der Waals surface area contributed by atoms with Gasteiger partial charge in [-0.1, -0.05) is 13.0 Å². The highest BCUT2D eigenvalue weighted by Gasteiger charge is 2.24. The van der Waals surface area contributed by atoms with Crippen molar-refractivity contribution < 1.29 is 13.9 Å². The fraction of sp³-hybridized carbons (Fsp3) is 0.524. The van der Waals surface area contributed by atoms with Crippen LogP contribution < -0.4 is 10.6 Å². The van der Waals surface area contributed by atoms with Gasteiger partial charge >= 0.3 is 0 Å². The van der Waals surface area contributed by atoms with E-state index in [0.717, 1.165) is 50.0 Å². The predicted molar refractivity (Wildman–Crippen MR) is 110 cm³/mol. The molecule has 7 nitrogen and oxygen atoms in total. The molecule has 0 aromatic carbocycles. The first-order valence-corrected chi connectivity index (χ1v) is 10.5. The van der Waals surface area contributed by atoms with E-state index in [1.165, 1.54) is 6.20 Å². The number of anilines is 1. The number of halogens is 2. The predicted octanol–water partition coefficient (Wildman–Crippen LogP) is 3.88. The molecule has 30 heavy (non-hydrogen) atoms. The van der Waals surface area contributed by atoms with Crippen molar-refractivity contribution in [3.63, 3.8) is 0 Å². The number of pyridine rings is 1. The molecule has 0 spiro atoms. The lowest BCUT2D eigenvalue weighted by Crippen LogP contribution is -2.39. The Morgan fingerprint density at radius 3 is 2.67 bits per heavy atom. The van der Waals surface area contributed by atoms with Crippen LogP contribution in [0.1, 0.15) is 62.9 Å². The van der Waals surface area contributed by atoms with Crippen molar-refractivity contribution in [3.05, 3.63) is 48.0 Å². The van der Waals surface area contributed by atoms with Crippen molar-refractivity contribution in [2.45, 2.75) is 70.3 Å². The van der Waals surface area contributed by atoms with Crippen LogP contribution in [0.25, 0.3) is 5.65 Å². The van der Waals surface area contributed by atoms with Crippen LogP contribution in [0.15, 0.2) is 36.8 Å². The summed E-state index contributed by atoms with van der Waals surface area (Å²) in [6.07, 6.45) is 6.35. The zero-order chi connectivity index (χ0) is 21.1. The summed E-state index contributed by atoms with van der Waals surface area (Å²) < 4.78 is 29.5. The lowest BCUT2D eigenvalue weighted by molar-refractivity contribution is 0.113. The second-order valence-corrected chi connectivity index (χ2v) is 7.90. The zero-order valence-corrected chi connectivity index (χ0v) is 17.0. The molecule has 1 aliphatic rings. The Bertz CT molecular complexity index is 963. The van der Waals surface area contributed by atoms with E-state index in [1.807, 2.05) is 23.0 Å². The third kappa shape index (κ3) is 4.62. The lowest BCUT2D eigenvalue weighted by Gasteiger charge is -2.31. The van der Waals surface area contributed by atoms with E-state index in [1.54, 1.807) is 16.7 Å². The molecule has 162 valence electrons. The van der Waals surface area contributed by atoms with Gasteiger partial charge in [0, 0.05) is 36.6 Å². The minimum Gasteiger partial charge on any atom is -0.374 e. The second kappa shape index (κ2) is 9.09. The van der Waals surface area contributed by atoms with Crippen LogP contribution >= 0.6 is 0 Å². The van der Waals surface area contributed by atoms with Crippen LogP contribution in [0.2, 0.25) is 0 Å². The molecule has 1 saturated carbocycles. The van der Waals surface area contributed by atoms with Gasteiger partial charge in [-0.25, -0.2) is 13.8 Å². The summed E-state index contributed by atoms with van der Waals surface area (Å²) in [6.45, 7) is 2.93. The molecule has 0 bridgehead atoms. The summed E-state index contributed by atoms with van der Waals surface area (Å²) in [5, 5.41) is 21.5. The quantitative estimate of drug-likeness (QED) is 0.484. The third-order valence-corrected chi connectivity index (χ3v) is 5.63. The average molecular weight is 418 g/mol. The van der Waals surface area contributed by atoms with Gasteiger partial charge in [-0.15, -0.1) is 0 Å². The van der Waals surface area contributed by atoms with Crippen LogP contribution in [-0.2, 0) is 6.54 Å². The minimum atomic E-state index is -2.58. The van der Waals surface area contributed by atoms with Crippen molar-refractivity contribution in [1.82, 2.24) is 24.5 Å². The third-order valence-electron chi connectivity index (χ3n) is 5.63. The van der Waals surface area contributed by atoms with Gasteiger partial charge in [-0.3, -0.25) is 14.4 Å². The van der Waals surface area contributed by atoms with E-state index in [0.29, 0.717) is 5.65 Å². The largest absolute Gasteiger partial charge is 0.374 e. The molecule has 1 fully saturated rings. The molecule has 1 aliphatic carbocycles. The summed E-state index contributed by atoms with van der Waals surface area (Å²) >= 11 is 0. The number of aliphatic hydroxyl groups excluding tert-OH is 1. The van der Waals surface area contributed by atoms with E-state index in [-0.39, 0.29) is 17.8 Å². The highest BCUT2D eigenvalue weighted by Crippen LogP contribution is 2.26. The molecule has 3 aromatic rings. The summed E-state index contributed by atoms with van der Waals surface area (Å²) in [6, 6.07) is 5.90. The molecule has 4 rings (SSSR count). The highest BCUT2D eigenvalue weighted by molar-refractivity contribution is 5.51. The molecule has 0 saturated heterocycles. The van der Waals surface area contributed by atoms with Crippen LogP contribution in [0.3, 0.4) is 0 Å². The number of aliphatic hydroxyl groups is 1. The molecular formula is C21H28F2N6O. The number of rotatable bonds is 8. The number of aryl methyl sites for hydroxylation is 1. The maximum absolute atomic E-state index is 13.0. The molecule has 3 heterocycles. The Hall–Kier alpha value is -2.52. The first-order chi connectivity index (χ1) is 14.5. The normalized spacial score (nSPS) is 20.7. The van der Waals surface area contributed by atoms with Crippen molar-refractivity contribution in [2.75, 3.05) is 5.32 Å². The molecule has 3 aromatic heterocycles. The number of nitrogens with zero attached hydrogens (tertiary/aromatic N) is 4. The number of imidazole rings is 1. The molecule has 1 atom stereocenters. The highest BCUT2D eigenvalue weighted by atomic mass is 19.3. The summed E-state index contributed by atoms with van der Waals surface area (Å²) in [7, 11) is 0. The number of fused-ring (bicyclic) bond motifs is 1. The molecule has 1 unspecified atom stereocenters.